The van der Waals surface area contributed by atoms with E-state index in [9.17, 15) is 4.79 Å². The Morgan fingerprint density at radius 3 is 2.36 bits per heavy atom. The van der Waals surface area contributed by atoms with Crippen LogP contribution in [0.4, 0.5) is 0 Å². The smallest absolute Gasteiger partial charge is 0.297 e. The number of nitrogens with zero attached hydrogens (tertiary/aromatic N) is 1. The van der Waals surface area contributed by atoms with Crippen molar-refractivity contribution in [3.05, 3.63) is 76.1 Å². The first-order valence-corrected chi connectivity index (χ1v) is 13.3. The minimum Gasteiger partial charge on any atom is -0.489 e. The summed E-state index contributed by atoms with van der Waals surface area (Å²) in [5, 5.41) is 0.866. The van der Waals surface area contributed by atoms with Gasteiger partial charge in [0.05, 0.1) is 12.1 Å². The number of aryl methyl sites for hydroxylation is 1. The van der Waals surface area contributed by atoms with E-state index in [1.54, 1.807) is 0 Å². The average Bonchev–Trinajstić information content (AvgIpc) is 2.88. The zero-order valence-corrected chi connectivity index (χ0v) is 22.3. The highest BCUT2D eigenvalue weighted by Gasteiger charge is 2.20. The molecule has 0 fully saturated rings. The molecular formula is C31H41NO4. The third-order valence-electron chi connectivity index (χ3n) is 6.10. The Hall–Kier alpha value is -3.21. The number of unbranched alkanes of at least 4 members (excludes halogenated alkanes) is 4. The maximum absolute atomic E-state index is 13.8. The second-order valence-electron chi connectivity index (χ2n) is 9.42. The van der Waals surface area contributed by atoms with E-state index in [1.165, 1.54) is 0 Å². The molecule has 0 saturated carbocycles. The van der Waals surface area contributed by atoms with Gasteiger partial charge in [0, 0.05) is 18.0 Å². The van der Waals surface area contributed by atoms with Crippen LogP contribution in [0, 0.1) is 0 Å². The van der Waals surface area contributed by atoms with Gasteiger partial charge < -0.3 is 18.8 Å². The van der Waals surface area contributed by atoms with Crippen LogP contribution in [0.1, 0.15) is 71.8 Å². The summed E-state index contributed by atoms with van der Waals surface area (Å²) in [6, 6.07) is 16.0. The Bertz CT molecular complexity index is 1180. The van der Waals surface area contributed by atoms with Crippen molar-refractivity contribution in [2.75, 3.05) is 13.2 Å². The molecule has 1 aromatic heterocycles. The minimum absolute atomic E-state index is 0.137. The van der Waals surface area contributed by atoms with Gasteiger partial charge in [-0.25, -0.2) is 0 Å². The molecule has 0 aliphatic rings. The molecule has 0 radical (unpaired) electrons. The Balaban J connectivity index is 2.05. The van der Waals surface area contributed by atoms with Crippen LogP contribution in [0.5, 0.6) is 17.2 Å². The lowest BCUT2D eigenvalue weighted by Crippen LogP contribution is -2.24. The summed E-state index contributed by atoms with van der Waals surface area (Å²) >= 11 is 0. The maximum atomic E-state index is 13.8. The van der Waals surface area contributed by atoms with Crippen LogP contribution in [0.3, 0.4) is 0 Å². The lowest BCUT2D eigenvalue weighted by Gasteiger charge is -2.19. The summed E-state index contributed by atoms with van der Waals surface area (Å²) in [6.07, 6.45) is 8.21. The van der Waals surface area contributed by atoms with E-state index in [0.717, 1.165) is 66.3 Å². The largest absolute Gasteiger partial charge is 0.489 e. The Kier molecular flexibility index (Phi) is 10.9. The Labute approximate surface area is 215 Å². The molecule has 0 bridgehead atoms. The van der Waals surface area contributed by atoms with Crippen molar-refractivity contribution in [1.29, 1.82) is 0 Å². The molecule has 1 heterocycles. The standard InChI is InChI=1S/C31H41NO4/c1-5-7-9-13-19-32-28-22-26(36-23-25-14-11-10-12-15-25)16-17-27(28)29(35-21-18-24(3)4)30(31(32)33)34-20-8-6-2/h10-12,14-18,22H,5-9,13,19-21,23H2,1-4H3. The molecule has 0 amide bonds. The van der Waals surface area contributed by atoms with Gasteiger partial charge in [-0.1, -0.05) is 75.4 Å². The summed E-state index contributed by atoms with van der Waals surface area (Å²) in [5.41, 5.74) is 2.94. The molecule has 0 saturated heterocycles. The fraction of sp³-hybridized carbons (Fsp3) is 0.452. The first kappa shape index (κ1) is 27.4. The van der Waals surface area contributed by atoms with Gasteiger partial charge in [-0.05, 0) is 50.5 Å². The highest BCUT2D eigenvalue weighted by atomic mass is 16.5. The second-order valence-corrected chi connectivity index (χ2v) is 9.42. The highest BCUT2D eigenvalue weighted by molar-refractivity contribution is 5.89. The number of fused-ring (bicyclic) bond motifs is 1. The topological polar surface area (TPSA) is 49.7 Å². The van der Waals surface area contributed by atoms with Gasteiger partial charge in [0.1, 0.15) is 19.0 Å². The van der Waals surface area contributed by atoms with E-state index in [4.69, 9.17) is 14.2 Å². The van der Waals surface area contributed by atoms with Gasteiger partial charge in [0.15, 0.2) is 5.75 Å². The SMILES string of the molecule is CCCCCCn1c(=O)c(OCCCC)c(OCC=C(C)C)c2ccc(OCc3ccccc3)cc21. The number of rotatable bonds is 15. The van der Waals surface area contributed by atoms with Gasteiger partial charge in [-0.15, -0.1) is 0 Å². The van der Waals surface area contributed by atoms with Gasteiger partial charge in [-0.2, -0.15) is 0 Å². The summed E-state index contributed by atoms with van der Waals surface area (Å²) in [4.78, 5) is 13.8. The molecule has 36 heavy (non-hydrogen) atoms. The number of benzene rings is 2. The summed E-state index contributed by atoms with van der Waals surface area (Å²) in [6.45, 7) is 10.3. The van der Waals surface area contributed by atoms with E-state index < -0.39 is 0 Å². The van der Waals surface area contributed by atoms with Crippen molar-refractivity contribution >= 4 is 10.9 Å². The van der Waals surface area contributed by atoms with Crippen molar-refractivity contribution in [3.8, 4) is 17.2 Å². The molecule has 0 aliphatic carbocycles. The van der Waals surface area contributed by atoms with Crippen LogP contribution < -0.4 is 19.8 Å². The Morgan fingerprint density at radius 1 is 0.861 bits per heavy atom. The van der Waals surface area contributed by atoms with Gasteiger partial charge in [0.2, 0.25) is 5.75 Å². The molecule has 0 unspecified atom stereocenters. The van der Waals surface area contributed by atoms with Crippen molar-refractivity contribution < 1.29 is 14.2 Å². The fourth-order valence-corrected chi connectivity index (χ4v) is 4.01. The molecule has 2 aromatic carbocycles. The maximum Gasteiger partial charge on any atom is 0.297 e. The van der Waals surface area contributed by atoms with Crippen molar-refractivity contribution in [2.24, 2.45) is 0 Å². The zero-order valence-electron chi connectivity index (χ0n) is 22.3. The number of hydrogen-bond acceptors (Lipinski definition) is 4. The number of aromatic nitrogens is 1. The fourth-order valence-electron chi connectivity index (χ4n) is 4.01. The van der Waals surface area contributed by atoms with Crippen LogP contribution in [0.25, 0.3) is 10.9 Å². The van der Waals surface area contributed by atoms with E-state index in [2.05, 4.69) is 13.8 Å². The molecule has 3 aromatic rings. The summed E-state index contributed by atoms with van der Waals surface area (Å²) in [7, 11) is 0. The number of allylic oxidation sites excluding steroid dienone is 1. The minimum atomic E-state index is -0.137. The van der Waals surface area contributed by atoms with E-state index in [1.807, 2.05) is 73.0 Å². The van der Waals surface area contributed by atoms with Gasteiger partial charge >= 0.3 is 0 Å². The normalized spacial score (nSPS) is 10.9. The highest BCUT2D eigenvalue weighted by Crippen LogP contribution is 2.35. The van der Waals surface area contributed by atoms with Crippen LogP contribution in [0.15, 0.2) is 65.0 Å². The molecule has 194 valence electrons. The third-order valence-corrected chi connectivity index (χ3v) is 6.10. The van der Waals surface area contributed by atoms with Crippen molar-refractivity contribution in [1.82, 2.24) is 4.57 Å². The molecular weight excluding hydrogens is 450 g/mol. The van der Waals surface area contributed by atoms with E-state index in [-0.39, 0.29) is 5.56 Å². The van der Waals surface area contributed by atoms with E-state index >= 15 is 0 Å². The number of pyridine rings is 1. The van der Waals surface area contributed by atoms with E-state index in [0.29, 0.717) is 37.9 Å². The number of ether oxygens (including phenoxy) is 3. The lowest BCUT2D eigenvalue weighted by molar-refractivity contribution is 0.274. The predicted octanol–water partition coefficient (Wildman–Crippen LogP) is 7.68. The van der Waals surface area contributed by atoms with Crippen LogP contribution >= 0.6 is 0 Å². The predicted molar refractivity (Wildman–Crippen MR) is 148 cm³/mol. The molecule has 0 atom stereocenters. The molecule has 0 N–H and O–H groups in total. The van der Waals surface area contributed by atoms with Crippen molar-refractivity contribution in [3.63, 3.8) is 0 Å². The average molecular weight is 492 g/mol. The van der Waals surface area contributed by atoms with Gasteiger partial charge in [-0.3, -0.25) is 4.79 Å². The molecule has 5 heteroatoms. The van der Waals surface area contributed by atoms with Crippen LogP contribution in [-0.4, -0.2) is 17.8 Å². The quantitative estimate of drug-likeness (QED) is 0.162. The second kappa shape index (κ2) is 14.4. The summed E-state index contributed by atoms with van der Waals surface area (Å²) in [5.74, 6) is 1.55. The number of hydrogen-bond donors (Lipinski definition) is 0. The summed E-state index contributed by atoms with van der Waals surface area (Å²) < 4.78 is 20.2. The lowest BCUT2D eigenvalue weighted by atomic mass is 10.1. The van der Waals surface area contributed by atoms with Crippen LogP contribution in [-0.2, 0) is 13.2 Å². The van der Waals surface area contributed by atoms with Crippen LogP contribution in [0.2, 0.25) is 0 Å². The van der Waals surface area contributed by atoms with Crippen molar-refractivity contribution in [2.45, 2.75) is 79.4 Å². The molecule has 3 rings (SSSR count). The monoisotopic (exact) mass is 491 g/mol. The first-order valence-electron chi connectivity index (χ1n) is 13.3. The molecule has 0 spiro atoms. The molecule has 0 aliphatic heterocycles. The zero-order chi connectivity index (χ0) is 25.8. The van der Waals surface area contributed by atoms with Gasteiger partial charge in [0.25, 0.3) is 5.56 Å². The first-order chi connectivity index (χ1) is 17.5. The third kappa shape index (κ3) is 7.64. The molecule has 5 nitrogen and oxygen atoms in total. The Morgan fingerprint density at radius 2 is 1.64 bits per heavy atom.